The smallest absolute Gasteiger partial charge is 0.188 e. The highest BCUT2D eigenvalue weighted by Gasteiger charge is 2.17. The number of anilines is 1. The van der Waals surface area contributed by atoms with Crippen molar-refractivity contribution in [3.05, 3.63) is 23.9 Å². The molecule has 2 heterocycles. The molecule has 0 spiro atoms. The highest BCUT2D eigenvalue weighted by Crippen LogP contribution is 2.14. The summed E-state index contributed by atoms with van der Waals surface area (Å²) in [6.07, 6.45) is 0. The van der Waals surface area contributed by atoms with Crippen molar-refractivity contribution in [3.8, 4) is 0 Å². The van der Waals surface area contributed by atoms with Crippen LogP contribution in [-0.2, 0) is 0 Å². The van der Waals surface area contributed by atoms with Gasteiger partial charge in [-0.05, 0) is 18.7 Å². The van der Waals surface area contributed by atoms with Crippen molar-refractivity contribution < 1.29 is 5.21 Å². The standard InChI is InChI=1S/C12H19N5O/c1-2-16-6-8-17(9-7-16)11-5-3-4-10(14-11)12(13)15-18/h3-5,18H,2,6-9H2,1H3,(H2,13,15). The lowest BCUT2D eigenvalue weighted by Crippen LogP contribution is -2.46. The zero-order chi connectivity index (χ0) is 13.0. The second-order valence-corrected chi connectivity index (χ2v) is 4.29. The molecule has 18 heavy (non-hydrogen) atoms. The van der Waals surface area contributed by atoms with Crippen LogP contribution in [0.15, 0.2) is 23.4 Å². The van der Waals surface area contributed by atoms with Gasteiger partial charge in [0.2, 0.25) is 0 Å². The molecule has 0 amide bonds. The number of aromatic nitrogens is 1. The molecule has 1 aliphatic rings. The molecule has 6 heteroatoms. The number of amidine groups is 1. The number of likely N-dealkylation sites (N-methyl/N-ethyl adjacent to an activating group) is 1. The van der Waals surface area contributed by atoms with Crippen LogP contribution in [0.2, 0.25) is 0 Å². The van der Waals surface area contributed by atoms with Crippen molar-refractivity contribution in [1.82, 2.24) is 9.88 Å². The molecule has 0 aliphatic carbocycles. The molecule has 0 atom stereocenters. The number of hydrogen-bond donors (Lipinski definition) is 2. The van der Waals surface area contributed by atoms with E-state index in [1.165, 1.54) is 0 Å². The number of hydrogen-bond acceptors (Lipinski definition) is 5. The maximum Gasteiger partial charge on any atom is 0.188 e. The Balaban J connectivity index is 2.10. The maximum absolute atomic E-state index is 8.66. The van der Waals surface area contributed by atoms with E-state index in [4.69, 9.17) is 10.9 Å². The van der Waals surface area contributed by atoms with E-state index < -0.39 is 0 Å². The summed E-state index contributed by atoms with van der Waals surface area (Å²) in [5.74, 6) is 0.930. The van der Waals surface area contributed by atoms with Gasteiger partial charge in [-0.3, -0.25) is 0 Å². The van der Waals surface area contributed by atoms with Crippen LogP contribution >= 0.6 is 0 Å². The van der Waals surface area contributed by atoms with E-state index in [9.17, 15) is 0 Å². The van der Waals surface area contributed by atoms with E-state index in [2.05, 4.69) is 26.9 Å². The molecular weight excluding hydrogens is 230 g/mol. The highest BCUT2D eigenvalue weighted by atomic mass is 16.4. The molecule has 0 aromatic carbocycles. The third-order valence-electron chi connectivity index (χ3n) is 3.25. The fraction of sp³-hybridized carbons (Fsp3) is 0.500. The van der Waals surface area contributed by atoms with E-state index in [1.54, 1.807) is 6.07 Å². The molecule has 0 unspecified atom stereocenters. The second-order valence-electron chi connectivity index (χ2n) is 4.29. The first-order valence-electron chi connectivity index (χ1n) is 6.17. The van der Waals surface area contributed by atoms with Gasteiger partial charge in [-0.1, -0.05) is 18.1 Å². The molecule has 98 valence electrons. The van der Waals surface area contributed by atoms with Crippen molar-refractivity contribution >= 4 is 11.7 Å². The number of nitrogens with two attached hydrogens (primary N) is 1. The average Bonchev–Trinajstić information content (AvgIpc) is 2.46. The summed E-state index contributed by atoms with van der Waals surface area (Å²) in [5.41, 5.74) is 6.05. The minimum Gasteiger partial charge on any atom is -0.409 e. The Kier molecular flexibility index (Phi) is 3.99. The van der Waals surface area contributed by atoms with Gasteiger partial charge in [-0.25, -0.2) is 4.98 Å². The molecular formula is C12H19N5O. The maximum atomic E-state index is 8.66. The zero-order valence-corrected chi connectivity index (χ0v) is 10.6. The molecule has 0 radical (unpaired) electrons. The number of nitrogens with zero attached hydrogens (tertiary/aromatic N) is 4. The fourth-order valence-electron chi connectivity index (χ4n) is 2.09. The Morgan fingerprint density at radius 3 is 2.72 bits per heavy atom. The summed E-state index contributed by atoms with van der Waals surface area (Å²) < 4.78 is 0. The first-order chi connectivity index (χ1) is 8.74. The van der Waals surface area contributed by atoms with Crippen LogP contribution in [0.5, 0.6) is 0 Å². The number of oxime groups is 1. The summed E-state index contributed by atoms with van der Waals surface area (Å²) in [5, 5.41) is 11.6. The van der Waals surface area contributed by atoms with Gasteiger partial charge in [0, 0.05) is 26.2 Å². The Morgan fingerprint density at radius 2 is 2.11 bits per heavy atom. The van der Waals surface area contributed by atoms with Crippen molar-refractivity contribution in [2.75, 3.05) is 37.6 Å². The van der Waals surface area contributed by atoms with E-state index in [-0.39, 0.29) is 5.84 Å². The normalized spacial score (nSPS) is 18.1. The summed E-state index contributed by atoms with van der Waals surface area (Å²) in [6, 6.07) is 5.57. The largest absolute Gasteiger partial charge is 0.409 e. The lowest BCUT2D eigenvalue weighted by molar-refractivity contribution is 0.270. The summed E-state index contributed by atoms with van der Waals surface area (Å²) in [7, 11) is 0. The Hall–Kier alpha value is -1.82. The molecule has 2 rings (SSSR count). The zero-order valence-electron chi connectivity index (χ0n) is 10.6. The van der Waals surface area contributed by atoms with Gasteiger partial charge in [-0.15, -0.1) is 0 Å². The molecule has 1 fully saturated rings. The SMILES string of the molecule is CCN1CCN(c2cccc(C(N)=NO)n2)CC1. The van der Waals surface area contributed by atoms with Crippen LogP contribution in [0.1, 0.15) is 12.6 Å². The minimum atomic E-state index is 0.0454. The van der Waals surface area contributed by atoms with E-state index in [0.717, 1.165) is 38.5 Å². The Morgan fingerprint density at radius 1 is 1.39 bits per heavy atom. The molecule has 3 N–H and O–H groups in total. The minimum absolute atomic E-state index is 0.0454. The molecule has 1 saturated heterocycles. The monoisotopic (exact) mass is 249 g/mol. The van der Waals surface area contributed by atoms with Crippen molar-refractivity contribution in [2.24, 2.45) is 10.9 Å². The van der Waals surface area contributed by atoms with Crippen molar-refractivity contribution in [3.63, 3.8) is 0 Å². The third-order valence-corrected chi connectivity index (χ3v) is 3.25. The third kappa shape index (κ3) is 2.70. The second kappa shape index (κ2) is 5.68. The lowest BCUT2D eigenvalue weighted by atomic mass is 10.3. The predicted octanol–water partition coefficient (Wildman–Crippen LogP) is 0.318. The van der Waals surface area contributed by atoms with E-state index in [1.807, 2.05) is 12.1 Å². The van der Waals surface area contributed by atoms with Gasteiger partial charge in [0.05, 0.1) is 0 Å². The number of pyridine rings is 1. The van der Waals surface area contributed by atoms with E-state index in [0.29, 0.717) is 5.69 Å². The Bertz CT molecular complexity index is 426. The predicted molar refractivity (Wildman–Crippen MR) is 71.1 cm³/mol. The molecule has 1 aromatic rings. The summed E-state index contributed by atoms with van der Waals surface area (Å²) >= 11 is 0. The summed E-state index contributed by atoms with van der Waals surface area (Å²) in [6.45, 7) is 7.28. The van der Waals surface area contributed by atoms with Gasteiger partial charge in [0.25, 0.3) is 0 Å². The van der Waals surface area contributed by atoms with Gasteiger partial charge < -0.3 is 20.7 Å². The molecule has 0 bridgehead atoms. The van der Waals surface area contributed by atoms with Crippen LogP contribution in [0.3, 0.4) is 0 Å². The van der Waals surface area contributed by atoms with Gasteiger partial charge in [0.15, 0.2) is 5.84 Å². The average molecular weight is 249 g/mol. The van der Waals surface area contributed by atoms with Gasteiger partial charge >= 0.3 is 0 Å². The Labute approximate surface area is 107 Å². The quantitative estimate of drug-likeness (QED) is 0.349. The number of piperazine rings is 1. The molecule has 0 saturated carbocycles. The molecule has 6 nitrogen and oxygen atoms in total. The van der Waals surface area contributed by atoms with Crippen LogP contribution in [0.4, 0.5) is 5.82 Å². The fourth-order valence-corrected chi connectivity index (χ4v) is 2.09. The molecule has 1 aromatic heterocycles. The van der Waals surface area contributed by atoms with Crippen LogP contribution in [0.25, 0.3) is 0 Å². The molecule has 1 aliphatic heterocycles. The van der Waals surface area contributed by atoms with Gasteiger partial charge in [0.1, 0.15) is 11.5 Å². The summed E-state index contributed by atoms with van der Waals surface area (Å²) in [4.78, 5) is 9.04. The first-order valence-corrected chi connectivity index (χ1v) is 6.17. The van der Waals surface area contributed by atoms with Crippen molar-refractivity contribution in [1.29, 1.82) is 0 Å². The van der Waals surface area contributed by atoms with Crippen molar-refractivity contribution in [2.45, 2.75) is 6.92 Å². The van der Waals surface area contributed by atoms with Crippen LogP contribution < -0.4 is 10.6 Å². The van der Waals surface area contributed by atoms with Gasteiger partial charge in [-0.2, -0.15) is 0 Å². The topological polar surface area (TPSA) is 78.0 Å². The van der Waals surface area contributed by atoms with Crippen LogP contribution in [-0.4, -0.2) is 53.7 Å². The first kappa shape index (κ1) is 12.6. The van der Waals surface area contributed by atoms with E-state index >= 15 is 0 Å². The van der Waals surface area contributed by atoms with Crippen LogP contribution in [0, 0.1) is 0 Å². The lowest BCUT2D eigenvalue weighted by Gasteiger charge is -2.34. The highest BCUT2D eigenvalue weighted by molar-refractivity contribution is 5.95. The number of rotatable bonds is 3.